The van der Waals surface area contributed by atoms with Crippen molar-refractivity contribution in [3.05, 3.63) is 53.1 Å². The lowest BCUT2D eigenvalue weighted by molar-refractivity contribution is 0.411. The minimum absolute atomic E-state index is 0.114. The fraction of sp³-hybridized carbons (Fsp3) is 0.333. The quantitative estimate of drug-likeness (QED) is 0.771. The van der Waals surface area contributed by atoms with Gasteiger partial charge in [-0.25, -0.2) is 9.55 Å². The molecule has 2 aromatic rings. The van der Waals surface area contributed by atoms with Crippen LogP contribution < -0.4 is 0 Å². The Hall–Kier alpha value is -2.66. The molecule has 100 valence electrons. The zero-order valence-electron chi connectivity index (χ0n) is 11.8. The van der Waals surface area contributed by atoms with Crippen molar-refractivity contribution in [2.75, 3.05) is 0 Å². The minimum Gasteiger partial charge on any atom is -0.373 e. The van der Waals surface area contributed by atoms with E-state index in [1.807, 2.05) is 12.1 Å². The molecule has 0 aliphatic rings. The third kappa shape index (κ3) is 2.84. The smallest absolute Gasteiger partial charge is 0.293 e. The SMILES string of the molecule is [C-]#[N+]c1ncn(-c2cc(CC(C)(C)C)ccn2)c1[N+]#[C-]. The molecule has 0 atom stereocenters. The normalized spacial score (nSPS) is 10.8. The van der Waals surface area contributed by atoms with Crippen LogP contribution in [0.3, 0.4) is 0 Å². The van der Waals surface area contributed by atoms with Crippen LogP contribution in [0.1, 0.15) is 26.3 Å². The van der Waals surface area contributed by atoms with E-state index >= 15 is 0 Å². The highest BCUT2D eigenvalue weighted by atomic mass is 15.2. The fourth-order valence-electron chi connectivity index (χ4n) is 2.00. The Morgan fingerprint density at radius 3 is 2.55 bits per heavy atom. The van der Waals surface area contributed by atoms with Crippen LogP contribution in [0.25, 0.3) is 15.5 Å². The zero-order valence-corrected chi connectivity index (χ0v) is 11.8. The van der Waals surface area contributed by atoms with E-state index in [-0.39, 0.29) is 17.1 Å². The highest BCUT2D eigenvalue weighted by Gasteiger charge is 2.17. The summed E-state index contributed by atoms with van der Waals surface area (Å²) in [6.07, 6.45) is 4.12. The molecule has 2 aromatic heterocycles. The lowest BCUT2D eigenvalue weighted by Gasteiger charge is -2.17. The van der Waals surface area contributed by atoms with Crippen LogP contribution in [0.4, 0.5) is 11.6 Å². The van der Waals surface area contributed by atoms with E-state index in [1.54, 1.807) is 10.8 Å². The molecule has 0 aliphatic carbocycles. The van der Waals surface area contributed by atoms with Crippen molar-refractivity contribution >= 4 is 11.6 Å². The molecular formula is C15H15N5. The molecule has 20 heavy (non-hydrogen) atoms. The second-order valence-corrected chi connectivity index (χ2v) is 5.75. The first-order valence-corrected chi connectivity index (χ1v) is 6.22. The van der Waals surface area contributed by atoms with E-state index in [0.717, 1.165) is 12.0 Å². The molecule has 0 bridgehead atoms. The van der Waals surface area contributed by atoms with Crippen LogP contribution >= 0.6 is 0 Å². The topological polar surface area (TPSA) is 39.4 Å². The number of pyridine rings is 1. The van der Waals surface area contributed by atoms with Gasteiger partial charge in [-0.1, -0.05) is 38.9 Å². The molecule has 0 unspecified atom stereocenters. The summed E-state index contributed by atoms with van der Waals surface area (Å²) in [5.74, 6) is 0.948. The highest BCUT2D eigenvalue weighted by molar-refractivity contribution is 5.64. The first-order chi connectivity index (χ1) is 9.44. The van der Waals surface area contributed by atoms with Crippen molar-refractivity contribution in [3.8, 4) is 5.82 Å². The third-order valence-electron chi connectivity index (χ3n) is 2.73. The van der Waals surface area contributed by atoms with Gasteiger partial charge in [-0.2, -0.15) is 0 Å². The summed E-state index contributed by atoms with van der Waals surface area (Å²) < 4.78 is 1.56. The molecule has 0 fully saturated rings. The Bertz CT molecular complexity index is 707. The Morgan fingerprint density at radius 2 is 1.95 bits per heavy atom. The predicted octanol–water partition coefficient (Wildman–Crippen LogP) is 3.96. The molecule has 0 aliphatic heterocycles. The number of hydrogen-bond acceptors (Lipinski definition) is 2. The fourth-order valence-corrected chi connectivity index (χ4v) is 2.00. The number of hydrogen-bond donors (Lipinski definition) is 0. The summed E-state index contributed by atoms with van der Waals surface area (Å²) in [6.45, 7) is 20.7. The Balaban J connectivity index is 2.45. The lowest BCUT2D eigenvalue weighted by Crippen LogP contribution is -2.09. The molecular weight excluding hydrogens is 250 g/mol. The molecule has 0 saturated heterocycles. The Morgan fingerprint density at radius 1 is 1.20 bits per heavy atom. The molecule has 5 heteroatoms. The summed E-state index contributed by atoms with van der Waals surface area (Å²) >= 11 is 0. The standard InChI is InChI=1S/C15H15N5/c1-15(2,3)9-11-6-7-18-12(8-11)20-10-19-13(16-4)14(20)17-5/h6-8,10H,9H2,1-3H3. The third-order valence-corrected chi connectivity index (χ3v) is 2.73. The van der Waals surface area contributed by atoms with Crippen molar-refractivity contribution in [2.45, 2.75) is 27.2 Å². The predicted molar refractivity (Wildman–Crippen MR) is 77.0 cm³/mol. The molecule has 0 N–H and O–H groups in total. The van der Waals surface area contributed by atoms with Gasteiger partial charge in [-0.3, -0.25) is 0 Å². The van der Waals surface area contributed by atoms with E-state index in [9.17, 15) is 0 Å². The Labute approximate surface area is 118 Å². The van der Waals surface area contributed by atoms with Crippen molar-refractivity contribution in [3.63, 3.8) is 0 Å². The summed E-state index contributed by atoms with van der Waals surface area (Å²) in [5.41, 5.74) is 1.33. The maximum atomic E-state index is 7.19. The molecule has 0 amide bonds. The number of imidazole rings is 1. The van der Waals surface area contributed by atoms with Gasteiger partial charge in [0.15, 0.2) is 0 Å². The minimum atomic E-state index is 0.114. The lowest BCUT2D eigenvalue weighted by atomic mass is 9.88. The molecule has 2 rings (SSSR count). The van der Waals surface area contributed by atoms with Crippen molar-refractivity contribution in [2.24, 2.45) is 5.41 Å². The number of nitrogens with zero attached hydrogens (tertiary/aromatic N) is 5. The largest absolute Gasteiger partial charge is 0.373 e. The number of rotatable bonds is 2. The summed E-state index contributed by atoms with van der Waals surface area (Å²) in [7, 11) is 0. The van der Waals surface area contributed by atoms with Crippen molar-refractivity contribution < 1.29 is 0 Å². The van der Waals surface area contributed by atoms with E-state index in [4.69, 9.17) is 13.1 Å². The van der Waals surface area contributed by atoms with Gasteiger partial charge in [0, 0.05) is 12.3 Å². The zero-order chi connectivity index (χ0) is 14.8. The van der Waals surface area contributed by atoms with Gasteiger partial charge in [-0.15, -0.1) is 0 Å². The van der Waals surface area contributed by atoms with Crippen LogP contribution in [-0.2, 0) is 6.42 Å². The van der Waals surface area contributed by atoms with Crippen molar-refractivity contribution in [1.29, 1.82) is 0 Å². The summed E-state index contributed by atoms with van der Waals surface area (Å²) in [6, 6.07) is 3.91. The average molecular weight is 265 g/mol. The maximum absolute atomic E-state index is 7.19. The molecule has 0 radical (unpaired) electrons. The monoisotopic (exact) mass is 265 g/mol. The van der Waals surface area contributed by atoms with E-state index in [2.05, 4.69) is 40.4 Å². The van der Waals surface area contributed by atoms with Gasteiger partial charge in [-0.05, 0) is 23.5 Å². The van der Waals surface area contributed by atoms with Gasteiger partial charge in [0.05, 0.1) is 0 Å². The van der Waals surface area contributed by atoms with Gasteiger partial charge in [0.1, 0.15) is 0 Å². The van der Waals surface area contributed by atoms with Crippen molar-refractivity contribution in [1.82, 2.24) is 14.5 Å². The van der Waals surface area contributed by atoms with Gasteiger partial charge in [0.25, 0.3) is 18.0 Å². The second kappa shape index (κ2) is 5.14. The average Bonchev–Trinajstić information content (AvgIpc) is 2.79. The van der Waals surface area contributed by atoms with Gasteiger partial charge >= 0.3 is 0 Å². The van der Waals surface area contributed by atoms with Gasteiger partial charge in [0.2, 0.25) is 5.82 Å². The van der Waals surface area contributed by atoms with E-state index in [0.29, 0.717) is 5.82 Å². The van der Waals surface area contributed by atoms with Crippen LogP contribution in [-0.4, -0.2) is 14.5 Å². The van der Waals surface area contributed by atoms with Crippen LogP contribution in [0.15, 0.2) is 24.7 Å². The number of aromatic nitrogens is 3. The summed E-state index contributed by atoms with van der Waals surface area (Å²) in [4.78, 5) is 14.8. The molecule has 2 heterocycles. The van der Waals surface area contributed by atoms with Crippen LogP contribution in [0, 0.1) is 18.6 Å². The molecule has 0 aromatic carbocycles. The molecule has 0 spiro atoms. The van der Waals surface area contributed by atoms with Crippen LogP contribution in [0.5, 0.6) is 0 Å². The van der Waals surface area contributed by atoms with Crippen LogP contribution in [0.2, 0.25) is 0 Å². The highest BCUT2D eigenvalue weighted by Crippen LogP contribution is 2.29. The molecule has 0 saturated carbocycles. The van der Waals surface area contributed by atoms with E-state index < -0.39 is 0 Å². The first-order valence-electron chi connectivity index (χ1n) is 6.22. The first kappa shape index (κ1) is 13.8. The Kier molecular flexibility index (Phi) is 3.54. The van der Waals surface area contributed by atoms with Gasteiger partial charge < -0.3 is 9.69 Å². The van der Waals surface area contributed by atoms with E-state index in [1.165, 1.54) is 6.33 Å². The molecule has 5 nitrogen and oxygen atoms in total. The maximum Gasteiger partial charge on any atom is 0.293 e. The second-order valence-electron chi connectivity index (χ2n) is 5.75. The summed E-state index contributed by atoms with van der Waals surface area (Å²) in [5, 5.41) is 0.